The van der Waals surface area contributed by atoms with Gasteiger partial charge in [-0.2, -0.15) is 0 Å². The molecule has 2 aliphatic carbocycles. The van der Waals surface area contributed by atoms with E-state index in [0.717, 1.165) is 19.3 Å². The Bertz CT molecular complexity index is 739. The minimum atomic E-state index is -0.301. The van der Waals surface area contributed by atoms with Gasteiger partial charge in [-0.25, -0.2) is 0 Å². The highest BCUT2D eigenvalue weighted by Gasteiger charge is 2.60. The van der Waals surface area contributed by atoms with Gasteiger partial charge < -0.3 is 5.32 Å². The Morgan fingerprint density at radius 1 is 1.12 bits per heavy atom. The number of fused-ring (bicyclic) bond motifs is 5. The van der Waals surface area contributed by atoms with Crippen LogP contribution in [-0.4, -0.2) is 29.2 Å². The SMILES string of the molecule is O=C(CCN1C(=O)[C@@H]2[C@H]3CC[C@@H](C3)[C@@H]2C1=O)Nc1cccc(Cl)c1Cl. The fourth-order valence-electron chi connectivity index (χ4n) is 4.72. The zero-order valence-corrected chi connectivity index (χ0v) is 15.0. The largest absolute Gasteiger partial charge is 0.325 e. The van der Waals surface area contributed by atoms with E-state index in [-0.39, 0.29) is 47.5 Å². The van der Waals surface area contributed by atoms with Crippen LogP contribution >= 0.6 is 23.2 Å². The van der Waals surface area contributed by atoms with E-state index < -0.39 is 0 Å². The number of rotatable bonds is 4. The first-order valence-corrected chi connectivity index (χ1v) is 9.32. The van der Waals surface area contributed by atoms with Crippen LogP contribution in [0.4, 0.5) is 5.69 Å². The van der Waals surface area contributed by atoms with Crippen LogP contribution < -0.4 is 5.32 Å². The molecule has 1 heterocycles. The Labute approximate surface area is 155 Å². The van der Waals surface area contributed by atoms with Crippen molar-refractivity contribution >= 4 is 46.6 Å². The summed E-state index contributed by atoms with van der Waals surface area (Å²) in [6.45, 7) is 0.119. The number of anilines is 1. The first kappa shape index (κ1) is 16.9. The number of hydrogen-bond acceptors (Lipinski definition) is 3. The zero-order chi connectivity index (χ0) is 17.7. The molecule has 5 nitrogen and oxygen atoms in total. The number of halogens is 2. The van der Waals surface area contributed by atoms with Crippen molar-refractivity contribution in [1.29, 1.82) is 0 Å². The number of hydrogen-bond donors (Lipinski definition) is 1. The second-order valence-electron chi connectivity index (χ2n) is 7.11. The van der Waals surface area contributed by atoms with Gasteiger partial charge in [0.15, 0.2) is 0 Å². The van der Waals surface area contributed by atoms with Gasteiger partial charge in [0.25, 0.3) is 0 Å². The van der Waals surface area contributed by atoms with Crippen LogP contribution in [-0.2, 0) is 14.4 Å². The van der Waals surface area contributed by atoms with Gasteiger partial charge in [-0.15, -0.1) is 0 Å². The maximum atomic E-state index is 12.6. The number of amides is 3. The fraction of sp³-hybridized carbons (Fsp3) is 0.500. The standard InChI is InChI=1S/C18H18Cl2N2O3/c19-11-2-1-3-12(16(11)20)21-13(23)6-7-22-17(24)14-9-4-5-10(8-9)15(14)18(22)25/h1-3,9-10,14-15H,4-8H2,(H,21,23)/t9-,10-,14-,15+/m0/s1. The second-order valence-corrected chi connectivity index (χ2v) is 7.90. The molecular formula is C18H18Cl2N2O3. The lowest BCUT2D eigenvalue weighted by Gasteiger charge is -2.19. The molecule has 4 atom stereocenters. The van der Waals surface area contributed by atoms with Crippen LogP contribution in [0.25, 0.3) is 0 Å². The van der Waals surface area contributed by atoms with Crippen molar-refractivity contribution in [2.45, 2.75) is 25.7 Å². The second kappa shape index (κ2) is 6.29. The molecule has 0 spiro atoms. The predicted octanol–water partition coefficient (Wildman–Crippen LogP) is 3.35. The number of imide groups is 1. The third kappa shape index (κ3) is 2.74. The molecule has 3 fully saturated rings. The summed E-state index contributed by atoms with van der Waals surface area (Å²) >= 11 is 12.0. The number of nitrogens with one attached hydrogen (secondary N) is 1. The van der Waals surface area contributed by atoms with E-state index in [1.807, 2.05) is 0 Å². The predicted molar refractivity (Wildman–Crippen MR) is 94.2 cm³/mol. The van der Waals surface area contributed by atoms with Gasteiger partial charge in [-0.1, -0.05) is 29.3 Å². The summed E-state index contributed by atoms with van der Waals surface area (Å²) in [4.78, 5) is 38.6. The van der Waals surface area contributed by atoms with Gasteiger partial charge in [0, 0.05) is 13.0 Å². The van der Waals surface area contributed by atoms with Crippen molar-refractivity contribution in [2.75, 3.05) is 11.9 Å². The molecule has 25 heavy (non-hydrogen) atoms. The lowest BCUT2D eigenvalue weighted by molar-refractivity contribution is -0.140. The fourth-order valence-corrected chi connectivity index (χ4v) is 5.07. The van der Waals surface area contributed by atoms with E-state index in [9.17, 15) is 14.4 Å². The number of carbonyl (C=O) groups excluding carboxylic acids is 3. The molecule has 1 aromatic carbocycles. The van der Waals surface area contributed by atoms with E-state index in [0.29, 0.717) is 22.5 Å². The molecule has 0 unspecified atom stereocenters. The van der Waals surface area contributed by atoms with Crippen LogP contribution in [0, 0.1) is 23.7 Å². The summed E-state index contributed by atoms with van der Waals surface area (Å²) in [5.41, 5.74) is 0.424. The van der Waals surface area contributed by atoms with Gasteiger partial charge in [-0.05, 0) is 43.2 Å². The normalized spacial score (nSPS) is 30.1. The van der Waals surface area contributed by atoms with Crippen LogP contribution in [0.1, 0.15) is 25.7 Å². The average molecular weight is 381 g/mol. The van der Waals surface area contributed by atoms with Gasteiger partial charge in [0.2, 0.25) is 17.7 Å². The Kier molecular flexibility index (Phi) is 4.24. The molecule has 1 aromatic rings. The Hall–Kier alpha value is -1.59. The molecule has 3 amide bonds. The molecular weight excluding hydrogens is 363 g/mol. The van der Waals surface area contributed by atoms with E-state index in [4.69, 9.17) is 23.2 Å². The summed E-state index contributed by atoms with van der Waals surface area (Å²) in [5.74, 6) is -0.0455. The van der Waals surface area contributed by atoms with Gasteiger partial charge in [0.05, 0.1) is 27.6 Å². The minimum Gasteiger partial charge on any atom is -0.325 e. The van der Waals surface area contributed by atoms with Crippen LogP contribution in [0.15, 0.2) is 18.2 Å². The molecule has 1 N–H and O–H groups in total. The van der Waals surface area contributed by atoms with Gasteiger partial charge >= 0.3 is 0 Å². The lowest BCUT2D eigenvalue weighted by Crippen LogP contribution is -2.35. The highest BCUT2D eigenvalue weighted by Crippen LogP contribution is 2.56. The molecule has 7 heteroatoms. The minimum absolute atomic E-state index is 0.0507. The summed E-state index contributed by atoms with van der Waals surface area (Å²) in [7, 11) is 0. The molecule has 132 valence electrons. The molecule has 1 saturated heterocycles. The number of nitrogens with zero attached hydrogens (tertiary/aromatic N) is 1. The molecule has 2 saturated carbocycles. The Morgan fingerprint density at radius 2 is 1.76 bits per heavy atom. The first-order valence-electron chi connectivity index (χ1n) is 8.56. The smallest absolute Gasteiger partial charge is 0.233 e. The number of benzene rings is 1. The van der Waals surface area contributed by atoms with Crippen molar-refractivity contribution < 1.29 is 14.4 Å². The topological polar surface area (TPSA) is 66.5 Å². The molecule has 0 radical (unpaired) electrons. The third-order valence-electron chi connectivity index (χ3n) is 5.81. The van der Waals surface area contributed by atoms with Crippen molar-refractivity contribution in [2.24, 2.45) is 23.7 Å². The maximum absolute atomic E-state index is 12.6. The zero-order valence-electron chi connectivity index (χ0n) is 13.5. The highest BCUT2D eigenvalue weighted by molar-refractivity contribution is 6.44. The van der Waals surface area contributed by atoms with E-state index in [2.05, 4.69) is 5.32 Å². The Balaban J connectivity index is 1.38. The van der Waals surface area contributed by atoms with Crippen LogP contribution in [0.3, 0.4) is 0 Å². The monoisotopic (exact) mass is 380 g/mol. The van der Waals surface area contributed by atoms with Crippen LogP contribution in [0.2, 0.25) is 10.0 Å². The quantitative estimate of drug-likeness (QED) is 0.814. The lowest BCUT2D eigenvalue weighted by atomic mass is 9.81. The van der Waals surface area contributed by atoms with Gasteiger partial charge in [-0.3, -0.25) is 19.3 Å². The van der Waals surface area contributed by atoms with Crippen molar-refractivity contribution in [3.8, 4) is 0 Å². The number of carbonyl (C=O) groups is 3. The summed E-state index contributed by atoms with van der Waals surface area (Å²) in [6.07, 6.45) is 3.16. The summed E-state index contributed by atoms with van der Waals surface area (Å²) in [5, 5.41) is 3.31. The molecule has 1 aliphatic heterocycles. The Morgan fingerprint density at radius 3 is 2.40 bits per heavy atom. The molecule has 0 aromatic heterocycles. The molecule has 3 aliphatic rings. The molecule has 4 rings (SSSR count). The molecule has 2 bridgehead atoms. The van der Waals surface area contributed by atoms with E-state index >= 15 is 0 Å². The van der Waals surface area contributed by atoms with E-state index in [1.165, 1.54) is 4.90 Å². The van der Waals surface area contributed by atoms with Crippen molar-refractivity contribution in [1.82, 2.24) is 4.90 Å². The van der Waals surface area contributed by atoms with Crippen molar-refractivity contribution in [3.63, 3.8) is 0 Å². The average Bonchev–Trinajstić information content (AvgIpc) is 3.25. The third-order valence-corrected chi connectivity index (χ3v) is 6.63. The summed E-state index contributed by atoms with van der Waals surface area (Å²) in [6, 6.07) is 4.98. The highest BCUT2D eigenvalue weighted by atomic mass is 35.5. The number of likely N-dealkylation sites (tertiary alicyclic amines) is 1. The maximum Gasteiger partial charge on any atom is 0.233 e. The van der Waals surface area contributed by atoms with E-state index in [1.54, 1.807) is 18.2 Å². The van der Waals surface area contributed by atoms with Gasteiger partial charge in [0.1, 0.15) is 0 Å². The van der Waals surface area contributed by atoms with Crippen LogP contribution in [0.5, 0.6) is 0 Å². The van der Waals surface area contributed by atoms with Crippen molar-refractivity contribution in [3.05, 3.63) is 28.2 Å². The first-order chi connectivity index (χ1) is 12.0. The summed E-state index contributed by atoms with van der Waals surface area (Å²) < 4.78 is 0.